The van der Waals surface area contributed by atoms with Crippen LogP contribution in [-0.4, -0.2) is 12.9 Å². The molecule has 0 atom stereocenters. The number of anilines is 1. The first kappa shape index (κ1) is 13.6. The number of benzene rings is 1. The average molecular weight is 391 g/mol. The molecule has 18 heavy (non-hydrogen) atoms. The Labute approximate surface area is 125 Å². The molecule has 0 aliphatic carbocycles. The van der Waals surface area contributed by atoms with Crippen molar-refractivity contribution in [3.63, 3.8) is 0 Å². The number of thiophene rings is 1. The van der Waals surface area contributed by atoms with Gasteiger partial charge in [-0.1, -0.05) is 6.07 Å². The number of ether oxygens (including phenoxy) is 1. The van der Waals surface area contributed by atoms with E-state index in [0.717, 1.165) is 8.26 Å². The molecule has 0 bridgehead atoms. The summed E-state index contributed by atoms with van der Waals surface area (Å²) in [5, 5.41) is 0. The van der Waals surface area contributed by atoms with Crippen LogP contribution < -0.4 is 10.5 Å². The van der Waals surface area contributed by atoms with E-state index in [1.54, 1.807) is 24.3 Å². The molecule has 2 rings (SSSR count). The molecular formula is C12H9Br2NO2S. The van der Waals surface area contributed by atoms with Gasteiger partial charge in [0.15, 0.2) is 0 Å². The molecule has 2 N–H and O–H groups in total. The van der Waals surface area contributed by atoms with Crippen LogP contribution in [0.25, 0.3) is 0 Å². The zero-order valence-corrected chi connectivity index (χ0v) is 13.4. The van der Waals surface area contributed by atoms with Crippen LogP contribution in [0, 0.1) is 0 Å². The number of nitrogen functional groups attached to an aromatic ring is 1. The third-order valence-electron chi connectivity index (χ3n) is 2.37. The van der Waals surface area contributed by atoms with Gasteiger partial charge in [-0.3, -0.25) is 4.79 Å². The van der Waals surface area contributed by atoms with Crippen molar-refractivity contribution in [2.24, 2.45) is 0 Å². The molecule has 0 saturated carbocycles. The van der Waals surface area contributed by atoms with Gasteiger partial charge in [0.25, 0.3) is 0 Å². The van der Waals surface area contributed by atoms with E-state index in [1.165, 1.54) is 18.4 Å². The van der Waals surface area contributed by atoms with Crippen molar-refractivity contribution >= 4 is 54.7 Å². The first-order valence-electron chi connectivity index (χ1n) is 4.96. The van der Waals surface area contributed by atoms with Crippen LogP contribution in [0.1, 0.15) is 15.2 Å². The van der Waals surface area contributed by atoms with E-state index in [1.807, 2.05) is 0 Å². The number of carbonyl (C=O) groups excluding carboxylic acids is 1. The summed E-state index contributed by atoms with van der Waals surface area (Å²) < 4.78 is 6.91. The number of halogens is 2. The van der Waals surface area contributed by atoms with E-state index in [-0.39, 0.29) is 5.78 Å². The van der Waals surface area contributed by atoms with E-state index in [9.17, 15) is 4.79 Å². The van der Waals surface area contributed by atoms with Crippen molar-refractivity contribution in [1.82, 2.24) is 0 Å². The Morgan fingerprint density at radius 2 is 2.11 bits per heavy atom. The van der Waals surface area contributed by atoms with Crippen LogP contribution in [0.3, 0.4) is 0 Å². The number of hydrogen-bond acceptors (Lipinski definition) is 4. The first-order valence-corrected chi connectivity index (χ1v) is 7.37. The molecule has 2 aromatic rings. The van der Waals surface area contributed by atoms with Crippen LogP contribution in [-0.2, 0) is 0 Å². The van der Waals surface area contributed by atoms with Gasteiger partial charge >= 0.3 is 0 Å². The summed E-state index contributed by atoms with van der Waals surface area (Å²) in [5.41, 5.74) is 6.68. The molecule has 1 heterocycles. The lowest BCUT2D eigenvalue weighted by atomic mass is 10.1. The fraction of sp³-hybridized carbons (Fsp3) is 0.0833. The number of ketones is 1. The number of nitrogens with two attached hydrogens (primary N) is 1. The lowest BCUT2D eigenvalue weighted by Gasteiger charge is -2.08. The van der Waals surface area contributed by atoms with Gasteiger partial charge in [0, 0.05) is 10.2 Å². The van der Waals surface area contributed by atoms with E-state index >= 15 is 0 Å². The Hall–Kier alpha value is -0.850. The molecule has 6 heteroatoms. The minimum atomic E-state index is -0.138. The smallest absolute Gasteiger partial charge is 0.208 e. The Kier molecular flexibility index (Phi) is 4.09. The molecular weight excluding hydrogens is 382 g/mol. The van der Waals surface area contributed by atoms with E-state index in [0.29, 0.717) is 21.9 Å². The second-order valence-corrected chi connectivity index (χ2v) is 6.71. The quantitative estimate of drug-likeness (QED) is 0.634. The normalized spacial score (nSPS) is 10.4. The molecule has 0 fully saturated rings. The Balaban J connectivity index is 2.52. The standard InChI is InChI=1S/C12H9Br2NO2S/c1-17-8-4-2-3-7(15)10(8)11(16)9-5-6(13)12(14)18-9/h2-5H,15H2,1H3. The van der Waals surface area contributed by atoms with Crippen LogP contribution in [0.2, 0.25) is 0 Å². The number of rotatable bonds is 3. The highest BCUT2D eigenvalue weighted by molar-refractivity contribution is 9.13. The lowest BCUT2D eigenvalue weighted by molar-refractivity contribution is 0.104. The fourth-order valence-corrected chi connectivity index (χ4v) is 3.52. The number of methoxy groups -OCH3 is 1. The van der Waals surface area contributed by atoms with Crippen molar-refractivity contribution in [2.75, 3.05) is 12.8 Å². The Morgan fingerprint density at radius 1 is 1.39 bits per heavy atom. The van der Waals surface area contributed by atoms with Gasteiger partial charge in [-0.2, -0.15) is 0 Å². The topological polar surface area (TPSA) is 52.3 Å². The van der Waals surface area contributed by atoms with Crippen LogP contribution >= 0.6 is 43.2 Å². The molecule has 3 nitrogen and oxygen atoms in total. The minimum absolute atomic E-state index is 0.138. The van der Waals surface area contributed by atoms with Crippen molar-refractivity contribution in [2.45, 2.75) is 0 Å². The van der Waals surface area contributed by atoms with Crippen LogP contribution in [0.4, 0.5) is 5.69 Å². The Bertz CT molecular complexity index is 591. The predicted octanol–water partition coefficient (Wildman–Crippen LogP) is 4.09. The molecule has 0 amide bonds. The third kappa shape index (κ3) is 2.46. The van der Waals surface area contributed by atoms with Crippen LogP contribution in [0.5, 0.6) is 5.75 Å². The third-order valence-corrected chi connectivity index (χ3v) is 5.63. The second kappa shape index (κ2) is 5.42. The predicted molar refractivity (Wildman–Crippen MR) is 80.6 cm³/mol. The van der Waals surface area contributed by atoms with Crippen LogP contribution in [0.15, 0.2) is 32.5 Å². The van der Waals surface area contributed by atoms with Gasteiger partial charge in [0.05, 0.1) is 21.3 Å². The summed E-state index contributed by atoms with van der Waals surface area (Å²) in [6.07, 6.45) is 0. The highest BCUT2D eigenvalue weighted by Crippen LogP contribution is 2.36. The van der Waals surface area contributed by atoms with Gasteiger partial charge < -0.3 is 10.5 Å². The highest BCUT2D eigenvalue weighted by atomic mass is 79.9. The maximum atomic E-state index is 12.4. The Morgan fingerprint density at radius 3 is 2.67 bits per heavy atom. The van der Waals surface area contributed by atoms with E-state index < -0.39 is 0 Å². The number of hydrogen-bond donors (Lipinski definition) is 1. The van der Waals surface area contributed by atoms with Crippen molar-refractivity contribution in [3.8, 4) is 5.75 Å². The minimum Gasteiger partial charge on any atom is -0.496 e. The molecule has 1 aromatic heterocycles. The molecule has 0 saturated heterocycles. The molecule has 0 spiro atoms. The largest absolute Gasteiger partial charge is 0.496 e. The summed E-state index contributed by atoms with van der Waals surface area (Å²) >= 11 is 8.08. The van der Waals surface area contributed by atoms with Gasteiger partial charge in [0.2, 0.25) is 5.78 Å². The zero-order chi connectivity index (χ0) is 13.3. The van der Waals surface area contributed by atoms with Crippen molar-refractivity contribution < 1.29 is 9.53 Å². The second-order valence-electron chi connectivity index (χ2n) is 3.49. The van der Waals surface area contributed by atoms with E-state index in [4.69, 9.17) is 10.5 Å². The van der Waals surface area contributed by atoms with Crippen molar-refractivity contribution in [1.29, 1.82) is 0 Å². The van der Waals surface area contributed by atoms with Gasteiger partial charge in [-0.05, 0) is 50.1 Å². The zero-order valence-electron chi connectivity index (χ0n) is 9.37. The number of carbonyl (C=O) groups is 1. The van der Waals surface area contributed by atoms with E-state index in [2.05, 4.69) is 31.9 Å². The molecule has 0 aliphatic rings. The van der Waals surface area contributed by atoms with Gasteiger partial charge in [0.1, 0.15) is 5.75 Å². The maximum absolute atomic E-state index is 12.4. The summed E-state index contributed by atoms with van der Waals surface area (Å²) in [7, 11) is 1.52. The summed E-state index contributed by atoms with van der Waals surface area (Å²) in [6.45, 7) is 0. The SMILES string of the molecule is COc1cccc(N)c1C(=O)c1cc(Br)c(Br)s1. The molecule has 0 unspecified atom stereocenters. The lowest BCUT2D eigenvalue weighted by Crippen LogP contribution is -2.06. The summed E-state index contributed by atoms with van der Waals surface area (Å²) in [4.78, 5) is 13.0. The summed E-state index contributed by atoms with van der Waals surface area (Å²) in [6, 6.07) is 6.93. The monoisotopic (exact) mass is 389 g/mol. The van der Waals surface area contributed by atoms with Crippen molar-refractivity contribution in [3.05, 3.63) is 43.0 Å². The average Bonchev–Trinajstić information content (AvgIpc) is 2.68. The molecule has 94 valence electrons. The van der Waals surface area contributed by atoms with Gasteiger partial charge in [-0.25, -0.2) is 0 Å². The molecule has 1 aromatic carbocycles. The maximum Gasteiger partial charge on any atom is 0.208 e. The molecule has 0 radical (unpaired) electrons. The molecule has 0 aliphatic heterocycles. The summed E-state index contributed by atoms with van der Waals surface area (Å²) in [5.74, 6) is 0.349. The highest BCUT2D eigenvalue weighted by Gasteiger charge is 2.20. The fourth-order valence-electron chi connectivity index (χ4n) is 1.54. The first-order chi connectivity index (χ1) is 8.54. The van der Waals surface area contributed by atoms with Gasteiger partial charge in [-0.15, -0.1) is 11.3 Å².